The van der Waals surface area contributed by atoms with Crippen LogP contribution in [0.4, 0.5) is 0 Å². The fourth-order valence-corrected chi connectivity index (χ4v) is 6.91. The van der Waals surface area contributed by atoms with Crippen LogP contribution in [0.15, 0.2) is 107 Å². The van der Waals surface area contributed by atoms with Crippen molar-refractivity contribution in [1.29, 1.82) is 0 Å². The lowest BCUT2D eigenvalue weighted by molar-refractivity contribution is 0.00744. The summed E-state index contributed by atoms with van der Waals surface area (Å²) >= 11 is 4.68. The fourth-order valence-electron chi connectivity index (χ4n) is 4.83. The normalized spacial score (nSPS) is 13.4. The SMILES string of the molecule is Cc1ccc(S(=O)(=O)O)cc1.Cc1ccc(S)c(-c2ccccc2)c1-c1ccccc1.[N-]=[N+]=CS(=O)(=O)C1CCCCC1. The number of rotatable bonds is 5. The largest absolute Gasteiger partial charge is 0.370 e. The highest BCUT2D eigenvalue weighted by Gasteiger charge is 2.28. The Morgan fingerprint density at radius 3 is 1.74 bits per heavy atom. The highest BCUT2D eigenvalue weighted by atomic mass is 32.2. The van der Waals surface area contributed by atoms with E-state index in [1.807, 2.05) is 19.1 Å². The number of hydrogen-bond acceptors (Lipinski definition) is 5. The average Bonchev–Trinajstić information content (AvgIpc) is 3.00. The Kier molecular flexibility index (Phi) is 12.5. The van der Waals surface area contributed by atoms with Gasteiger partial charge in [-0.05, 0) is 67.1 Å². The molecule has 4 aromatic rings. The summed E-state index contributed by atoms with van der Waals surface area (Å²) in [6.45, 7) is 4.00. The maximum Gasteiger partial charge on any atom is 0.370 e. The third-order valence-electron chi connectivity index (χ3n) is 7.05. The van der Waals surface area contributed by atoms with Crippen molar-refractivity contribution in [2.45, 2.75) is 61.0 Å². The van der Waals surface area contributed by atoms with E-state index in [1.54, 1.807) is 12.1 Å². The number of sulfone groups is 1. The van der Waals surface area contributed by atoms with Gasteiger partial charge >= 0.3 is 5.55 Å². The van der Waals surface area contributed by atoms with Crippen molar-refractivity contribution >= 4 is 38.1 Å². The molecule has 0 bridgehead atoms. The first-order valence-electron chi connectivity index (χ1n) is 13.8. The second kappa shape index (κ2) is 15.8. The van der Waals surface area contributed by atoms with Gasteiger partial charge in [0.1, 0.15) is 0 Å². The lowest BCUT2D eigenvalue weighted by Gasteiger charge is -2.17. The molecule has 10 heteroatoms. The molecule has 7 nitrogen and oxygen atoms in total. The molecule has 1 N–H and O–H groups in total. The lowest BCUT2D eigenvalue weighted by Crippen LogP contribution is -2.24. The fraction of sp³-hybridized carbons (Fsp3) is 0.242. The summed E-state index contributed by atoms with van der Waals surface area (Å²) in [6.07, 6.45) is 4.44. The Labute approximate surface area is 260 Å². The first-order valence-corrected chi connectivity index (χ1v) is 17.3. The molecule has 0 spiro atoms. The molecule has 4 aromatic carbocycles. The standard InChI is InChI=1S/C19H16S.C7H12N2O2S.C7H8O3S/c1-14-12-13-17(20)19(16-10-6-3-7-11-16)18(14)15-8-4-2-5-9-15;8-9-6-12(10,11)7-4-2-1-3-5-7;1-6-2-4-7(5-3-6)11(8,9)10/h2-13,20H,1H3;6-7H,1-5H2;2-5H,1H3,(H,8,9,10). The van der Waals surface area contributed by atoms with Gasteiger partial charge in [-0.25, -0.2) is 8.42 Å². The molecule has 1 saturated carbocycles. The van der Waals surface area contributed by atoms with Gasteiger partial charge < -0.3 is 5.53 Å². The van der Waals surface area contributed by atoms with E-state index in [4.69, 9.17) is 10.1 Å². The van der Waals surface area contributed by atoms with Gasteiger partial charge in [-0.1, -0.05) is 104 Å². The molecule has 0 atom stereocenters. The van der Waals surface area contributed by atoms with Crippen LogP contribution in [0.1, 0.15) is 43.2 Å². The Hall–Kier alpha value is -3.53. The number of nitrogens with zero attached hydrogens (tertiary/aromatic N) is 2. The first-order chi connectivity index (χ1) is 20.4. The van der Waals surface area contributed by atoms with Gasteiger partial charge in [0.15, 0.2) is 0 Å². The summed E-state index contributed by atoms with van der Waals surface area (Å²) in [6, 6.07) is 31.2. The van der Waals surface area contributed by atoms with Crippen LogP contribution in [-0.4, -0.2) is 37.0 Å². The van der Waals surface area contributed by atoms with Gasteiger partial charge in [-0.15, -0.1) is 12.6 Å². The molecule has 0 heterocycles. The Morgan fingerprint density at radius 1 is 0.744 bits per heavy atom. The minimum absolute atomic E-state index is 0.0666. The Bertz CT molecular complexity index is 1680. The molecule has 0 saturated heterocycles. The molecule has 0 aliphatic heterocycles. The molecular formula is C33H36N2O5S3. The molecule has 226 valence electrons. The molecular weight excluding hydrogens is 601 g/mol. The maximum absolute atomic E-state index is 11.3. The van der Waals surface area contributed by atoms with Crippen LogP contribution in [0.2, 0.25) is 0 Å². The van der Waals surface area contributed by atoms with Crippen molar-refractivity contribution in [3.63, 3.8) is 0 Å². The predicted octanol–water partition coefficient (Wildman–Crippen LogP) is 7.85. The molecule has 43 heavy (non-hydrogen) atoms. The number of aryl methyl sites for hydroxylation is 2. The molecule has 0 unspecified atom stereocenters. The van der Waals surface area contributed by atoms with Gasteiger partial charge in [0.05, 0.1) is 10.1 Å². The monoisotopic (exact) mass is 636 g/mol. The number of hydrogen-bond donors (Lipinski definition) is 2. The van der Waals surface area contributed by atoms with Crippen molar-refractivity contribution in [3.05, 3.63) is 114 Å². The van der Waals surface area contributed by atoms with E-state index in [9.17, 15) is 16.8 Å². The second-order valence-corrected chi connectivity index (χ2v) is 14.2. The molecule has 0 aromatic heterocycles. The Morgan fingerprint density at radius 2 is 1.26 bits per heavy atom. The third-order valence-corrected chi connectivity index (χ3v) is 10.1. The van der Waals surface area contributed by atoms with E-state index in [0.29, 0.717) is 18.4 Å². The van der Waals surface area contributed by atoms with Crippen molar-refractivity contribution in [3.8, 4) is 22.3 Å². The number of benzene rings is 4. The zero-order chi connectivity index (χ0) is 31.5. The van der Waals surface area contributed by atoms with Crippen LogP contribution in [-0.2, 0) is 20.0 Å². The summed E-state index contributed by atoms with van der Waals surface area (Å²) in [5.74, 6) is 0. The summed E-state index contributed by atoms with van der Waals surface area (Å²) in [4.78, 5) is 3.52. The molecule has 1 aliphatic rings. The number of thiol groups is 1. The van der Waals surface area contributed by atoms with Crippen molar-refractivity contribution in [1.82, 2.24) is 0 Å². The quantitative estimate of drug-likeness (QED) is 0.0576. The van der Waals surface area contributed by atoms with E-state index in [0.717, 1.165) is 29.7 Å². The van der Waals surface area contributed by atoms with Gasteiger partial charge in [0.25, 0.3) is 10.1 Å². The van der Waals surface area contributed by atoms with Gasteiger partial charge in [0.2, 0.25) is 9.84 Å². The van der Waals surface area contributed by atoms with E-state index in [-0.39, 0.29) is 10.1 Å². The van der Waals surface area contributed by atoms with Gasteiger partial charge in [0, 0.05) is 10.5 Å². The van der Waals surface area contributed by atoms with Crippen molar-refractivity contribution in [2.75, 3.05) is 0 Å². The van der Waals surface area contributed by atoms with Gasteiger partial charge in [-0.2, -0.15) is 13.2 Å². The van der Waals surface area contributed by atoms with Crippen LogP contribution in [0, 0.1) is 13.8 Å². The highest BCUT2D eigenvalue weighted by Crippen LogP contribution is 2.38. The van der Waals surface area contributed by atoms with E-state index in [2.05, 4.69) is 85.0 Å². The molecule has 5 rings (SSSR count). The molecule has 0 amide bonds. The minimum atomic E-state index is -4.02. The second-order valence-electron chi connectivity index (χ2n) is 10.2. The summed E-state index contributed by atoms with van der Waals surface area (Å²) < 4.78 is 52.1. The zero-order valence-electron chi connectivity index (χ0n) is 24.2. The average molecular weight is 637 g/mol. The summed E-state index contributed by atoms with van der Waals surface area (Å²) in [5.41, 5.74) is 15.9. The van der Waals surface area contributed by atoms with Crippen molar-refractivity contribution in [2.24, 2.45) is 0 Å². The smallest absolute Gasteiger partial charge is 0.361 e. The lowest BCUT2D eigenvalue weighted by atomic mass is 9.91. The summed E-state index contributed by atoms with van der Waals surface area (Å²) in [5, 5.41) is -0.317. The highest BCUT2D eigenvalue weighted by molar-refractivity contribution is 8.04. The topological polar surface area (TPSA) is 125 Å². The molecule has 0 radical (unpaired) electrons. The van der Waals surface area contributed by atoms with Gasteiger partial charge in [-0.3, -0.25) is 4.55 Å². The van der Waals surface area contributed by atoms with Crippen LogP contribution in [0.3, 0.4) is 0 Å². The van der Waals surface area contributed by atoms with Crippen molar-refractivity contribution < 1.29 is 26.2 Å². The van der Waals surface area contributed by atoms with Crippen LogP contribution >= 0.6 is 12.6 Å². The third kappa shape index (κ3) is 10.0. The zero-order valence-corrected chi connectivity index (χ0v) is 26.7. The Balaban J connectivity index is 0.000000190. The molecule has 1 aliphatic carbocycles. The van der Waals surface area contributed by atoms with Crippen LogP contribution < -0.4 is 0 Å². The van der Waals surface area contributed by atoms with E-state index in [1.165, 1.54) is 39.9 Å². The van der Waals surface area contributed by atoms with Crippen LogP contribution in [0.25, 0.3) is 27.8 Å². The van der Waals surface area contributed by atoms with E-state index >= 15 is 0 Å². The van der Waals surface area contributed by atoms with Crippen LogP contribution in [0.5, 0.6) is 0 Å². The minimum Gasteiger partial charge on any atom is -0.361 e. The summed E-state index contributed by atoms with van der Waals surface area (Å²) in [7, 11) is -7.29. The predicted molar refractivity (Wildman–Crippen MR) is 176 cm³/mol. The molecule has 1 fully saturated rings. The maximum atomic E-state index is 11.3. The van der Waals surface area contributed by atoms with E-state index < -0.39 is 20.0 Å². The first kappa shape index (κ1) is 34.0.